The minimum Gasteiger partial charge on any atom is -0.399 e. The first kappa shape index (κ1) is 22.6. The number of nitrogens with one attached hydrogen (secondary N) is 1. The molecule has 152 valence electrons. The maximum Gasteiger partial charge on any atom is 0.273 e. The Labute approximate surface area is 163 Å². The van der Waals surface area contributed by atoms with Crippen molar-refractivity contribution in [3.63, 3.8) is 0 Å². The van der Waals surface area contributed by atoms with E-state index in [2.05, 4.69) is 25.9 Å². The van der Waals surface area contributed by atoms with E-state index in [1.54, 1.807) is 32.0 Å². The van der Waals surface area contributed by atoms with Crippen molar-refractivity contribution in [3.05, 3.63) is 35.4 Å². The van der Waals surface area contributed by atoms with Gasteiger partial charge in [-0.1, -0.05) is 44.9 Å². The van der Waals surface area contributed by atoms with Crippen LogP contribution in [0.4, 0.5) is 0 Å². The van der Waals surface area contributed by atoms with Crippen LogP contribution in [-0.4, -0.2) is 57.1 Å². The Morgan fingerprint density at radius 2 is 1.54 bits per heavy atom. The van der Waals surface area contributed by atoms with Gasteiger partial charge in [-0.25, -0.2) is 0 Å². The number of carbonyl (C=O) groups excluding carboxylic acids is 1. The molecular formula is C18H25N5O5. The summed E-state index contributed by atoms with van der Waals surface area (Å²) >= 11 is 0. The third-order valence-corrected chi connectivity index (χ3v) is 3.41. The van der Waals surface area contributed by atoms with E-state index in [-0.39, 0.29) is 18.2 Å². The third-order valence-electron chi connectivity index (χ3n) is 3.41. The van der Waals surface area contributed by atoms with E-state index >= 15 is 0 Å². The van der Waals surface area contributed by atoms with E-state index in [4.69, 9.17) is 19.4 Å². The number of rotatable bonds is 10. The third kappa shape index (κ3) is 6.38. The maximum atomic E-state index is 12.1. The van der Waals surface area contributed by atoms with Crippen LogP contribution in [0.3, 0.4) is 0 Å². The second-order valence-electron chi connectivity index (χ2n) is 5.29. The van der Waals surface area contributed by atoms with Gasteiger partial charge in [-0.05, 0) is 13.8 Å². The normalized spacial score (nSPS) is 13.1. The maximum absolute atomic E-state index is 12.1. The summed E-state index contributed by atoms with van der Waals surface area (Å²) < 4.78 is 0. The van der Waals surface area contributed by atoms with Gasteiger partial charge in [0.2, 0.25) is 0 Å². The summed E-state index contributed by atoms with van der Waals surface area (Å²) in [6.45, 7) is 3.49. The lowest BCUT2D eigenvalue weighted by Crippen LogP contribution is -2.29. The number of likely N-dealkylation sites (N-methyl/N-ethyl adjacent to an activating group) is 1. The van der Waals surface area contributed by atoms with Crippen LogP contribution in [0.2, 0.25) is 0 Å². The van der Waals surface area contributed by atoms with Gasteiger partial charge in [-0.3, -0.25) is 4.79 Å². The van der Waals surface area contributed by atoms with Gasteiger partial charge in [0, 0.05) is 18.2 Å². The SMILES string of the molecule is CNC(=O)/C(=N\OC)c1ccccc1CO\N=C(C)/C(=N/OC)C(/C)=N\OC. The average molecular weight is 391 g/mol. The number of carbonyl (C=O) groups is 1. The highest BCUT2D eigenvalue weighted by atomic mass is 16.6. The monoisotopic (exact) mass is 391 g/mol. The topological polar surface area (TPSA) is 115 Å². The quantitative estimate of drug-likeness (QED) is 0.481. The van der Waals surface area contributed by atoms with Crippen molar-refractivity contribution >= 4 is 28.8 Å². The van der Waals surface area contributed by atoms with E-state index < -0.39 is 0 Å². The van der Waals surface area contributed by atoms with E-state index in [1.165, 1.54) is 28.4 Å². The van der Waals surface area contributed by atoms with Crippen LogP contribution in [0, 0.1) is 0 Å². The highest BCUT2D eigenvalue weighted by molar-refractivity contribution is 6.67. The molecule has 0 aliphatic rings. The van der Waals surface area contributed by atoms with E-state index in [0.29, 0.717) is 28.3 Å². The minimum atomic E-state index is -0.380. The van der Waals surface area contributed by atoms with Crippen molar-refractivity contribution < 1.29 is 24.1 Å². The molecule has 1 rings (SSSR count). The molecule has 0 atom stereocenters. The molecule has 28 heavy (non-hydrogen) atoms. The summed E-state index contributed by atoms with van der Waals surface area (Å²) in [5.41, 5.74) is 2.70. The molecule has 0 spiro atoms. The molecule has 0 bridgehead atoms. The van der Waals surface area contributed by atoms with Crippen molar-refractivity contribution in [2.75, 3.05) is 28.4 Å². The van der Waals surface area contributed by atoms with E-state index in [1.807, 2.05) is 6.07 Å². The zero-order valence-electron chi connectivity index (χ0n) is 16.8. The number of hydrogen-bond donors (Lipinski definition) is 1. The second-order valence-corrected chi connectivity index (χ2v) is 5.29. The Kier molecular flexibility index (Phi) is 9.73. The van der Waals surface area contributed by atoms with Crippen LogP contribution in [0.25, 0.3) is 0 Å². The molecule has 10 heteroatoms. The standard InChI is InChI=1S/C18H25N5O5/c1-12(20-25-4)16(22-26-5)13(2)21-28-11-14-9-7-8-10-15(14)17(23-27-6)18(24)19-3/h7-10H,11H2,1-6H3,(H,19,24)/b20-12-,21-13-,22-16+,23-17-. The summed E-state index contributed by atoms with van der Waals surface area (Å²) in [5.74, 6) is -0.380. The molecule has 0 aromatic heterocycles. The van der Waals surface area contributed by atoms with E-state index in [0.717, 1.165) is 0 Å². The number of benzene rings is 1. The molecule has 0 fully saturated rings. The Morgan fingerprint density at radius 3 is 2.14 bits per heavy atom. The van der Waals surface area contributed by atoms with Crippen LogP contribution in [0.5, 0.6) is 0 Å². The van der Waals surface area contributed by atoms with Gasteiger partial charge < -0.3 is 24.7 Å². The molecule has 0 saturated heterocycles. The van der Waals surface area contributed by atoms with Gasteiger partial charge in [-0.2, -0.15) is 0 Å². The summed E-state index contributed by atoms with van der Waals surface area (Å²) in [5, 5.41) is 18.1. The van der Waals surface area contributed by atoms with Crippen LogP contribution in [0.15, 0.2) is 44.9 Å². The Balaban J connectivity index is 3.06. The van der Waals surface area contributed by atoms with Crippen LogP contribution in [-0.2, 0) is 30.8 Å². The summed E-state index contributed by atoms with van der Waals surface area (Å²) in [6.07, 6.45) is 0. The molecule has 0 aliphatic heterocycles. The highest BCUT2D eigenvalue weighted by Crippen LogP contribution is 2.13. The molecular weight excluding hydrogens is 366 g/mol. The number of nitrogens with zero attached hydrogens (tertiary/aromatic N) is 4. The second kappa shape index (κ2) is 12.0. The zero-order valence-corrected chi connectivity index (χ0v) is 16.8. The van der Waals surface area contributed by atoms with Crippen molar-refractivity contribution in [1.29, 1.82) is 0 Å². The van der Waals surface area contributed by atoms with Crippen molar-refractivity contribution in [2.24, 2.45) is 20.6 Å². The van der Waals surface area contributed by atoms with Crippen LogP contribution >= 0.6 is 0 Å². The summed E-state index contributed by atoms with van der Waals surface area (Å²) in [7, 11) is 5.73. The molecule has 0 aliphatic carbocycles. The van der Waals surface area contributed by atoms with Crippen molar-refractivity contribution in [1.82, 2.24) is 5.32 Å². The fraction of sp³-hybridized carbons (Fsp3) is 0.389. The minimum absolute atomic E-state index is 0.0912. The fourth-order valence-corrected chi connectivity index (χ4v) is 2.21. The van der Waals surface area contributed by atoms with Gasteiger partial charge in [0.15, 0.2) is 11.4 Å². The number of amides is 1. The zero-order chi connectivity index (χ0) is 20.9. The van der Waals surface area contributed by atoms with Gasteiger partial charge >= 0.3 is 0 Å². The first-order chi connectivity index (χ1) is 13.5. The molecule has 1 amide bonds. The lowest BCUT2D eigenvalue weighted by atomic mass is 10.0. The predicted octanol–water partition coefficient (Wildman–Crippen LogP) is 1.70. The molecule has 0 unspecified atom stereocenters. The largest absolute Gasteiger partial charge is 0.399 e. The Bertz CT molecular complexity index is 786. The highest BCUT2D eigenvalue weighted by Gasteiger charge is 2.17. The first-order valence-electron chi connectivity index (χ1n) is 8.27. The molecule has 1 aromatic carbocycles. The molecule has 0 saturated carbocycles. The molecule has 0 heterocycles. The van der Waals surface area contributed by atoms with Gasteiger partial charge in [0.25, 0.3) is 5.91 Å². The number of hydrogen-bond acceptors (Lipinski definition) is 9. The van der Waals surface area contributed by atoms with Crippen molar-refractivity contribution in [3.8, 4) is 0 Å². The van der Waals surface area contributed by atoms with Gasteiger partial charge in [0.1, 0.15) is 39.4 Å². The van der Waals surface area contributed by atoms with Crippen LogP contribution < -0.4 is 5.32 Å². The summed E-state index contributed by atoms with van der Waals surface area (Å²) in [4.78, 5) is 31.9. The lowest BCUT2D eigenvalue weighted by molar-refractivity contribution is -0.114. The molecule has 10 nitrogen and oxygen atoms in total. The fourth-order valence-electron chi connectivity index (χ4n) is 2.21. The molecule has 1 N–H and O–H groups in total. The number of oxime groups is 4. The van der Waals surface area contributed by atoms with Crippen LogP contribution in [0.1, 0.15) is 25.0 Å². The average Bonchev–Trinajstić information content (AvgIpc) is 2.70. The smallest absolute Gasteiger partial charge is 0.273 e. The molecule has 0 radical (unpaired) electrons. The van der Waals surface area contributed by atoms with E-state index in [9.17, 15) is 4.79 Å². The Hall–Kier alpha value is -3.43. The predicted molar refractivity (Wildman–Crippen MR) is 107 cm³/mol. The lowest BCUT2D eigenvalue weighted by Gasteiger charge is -2.10. The Morgan fingerprint density at radius 1 is 0.929 bits per heavy atom. The summed E-state index contributed by atoms with van der Waals surface area (Å²) in [6, 6.07) is 7.15. The van der Waals surface area contributed by atoms with Gasteiger partial charge in [0.05, 0.1) is 0 Å². The van der Waals surface area contributed by atoms with Crippen molar-refractivity contribution in [2.45, 2.75) is 20.5 Å². The molecule has 1 aromatic rings. The van der Waals surface area contributed by atoms with Gasteiger partial charge in [-0.15, -0.1) is 0 Å². The first-order valence-corrected chi connectivity index (χ1v) is 8.27.